The summed E-state index contributed by atoms with van der Waals surface area (Å²) in [5, 5.41) is 9.81. The summed E-state index contributed by atoms with van der Waals surface area (Å²) >= 11 is 0. The minimum absolute atomic E-state index is 0.810. The van der Waals surface area contributed by atoms with Gasteiger partial charge in [-0.15, -0.1) is 0 Å². The van der Waals surface area contributed by atoms with Crippen LogP contribution in [0.4, 0.5) is 11.6 Å². The fraction of sp³-hybridized carbons (Fsp3) is 0.714. The van der Waals surface area contributed by atoms with Gasteiger partial charge in [-0.05, 0) is 25.8 Å². The Kier molecular flexibility index (Phi) is 5.88. The summed E-state index contributed by atoms with van der Waals surface area (Å²) in [7, 11) is 1.94. The first kappa shape index (κ1) is 14.1. The Balaban J connectivity index is 1.77. The largest absolute Gasteiger partial charge is 0.370 e. The van der Waals surface area contributed by atoms with Crippen LogP contribution in [-0.2, 0) is 0 Å². The monoisotopic (exact) mass is 263 g/mol. The van der Waals surface area contributed by atoms with Crippen molar-refractivity contribution >= 4 is 11.6 Å². The first-order valence-electron chi connectivity index (χ1n) is 7.33. The normalized spacial score (nSPS) is 16.3. The summed E-state index contributed by atoms with van der Waals surface area (Å²) < 4.78 is 0. The highest BCUT2D eigenvalue weighted by Gasteiger charge is 2.13. The van der Waals surface area contributed by atoms with Gasteiger partial charge in [0.25, 0.3) is 0 Å². The van der Waals surface area contributed by atoms with Crippen molar-refractivity contribution in [3.63, 3.8) is 0 Å². The Morgan fingerprint density at radius 3 is 2.53 bits per heavy atom. The van der Waals surface area contributed by atoms with Crippen molar-refractivity contribution < 1.29 is 0 Å². The molecule has 5 nitrogen and oxygen atoms in total. The van der Waals surface area contributed by atoms with E-state index in [-0.39, 0.29) is 0 Å². The number of rotatable bonds is 7. The van der Waals surface area contributed by atoms with E-state index in [9.17, 15) is 0 Å². The summed E-state index contributed by atoms with van der Waals surface area (Å²) in [4.78, 5) is 8.49. The molecule has 1 aromatic rings. The molecule has 0 unspecified atom stereocenters. The van der Waals surface area contributed by atoms with E-state index in [1.54, 1.807) is 6.33 Å². The number of hydrogen-bond acceptors (Lipinski definition) is 5. The molecule has 0 aromatic carbocycles. The van der Waals surface area contributed by atoms with E-state index >= 15 is 0 Å². The molecule has 2 rings (SSSR count). The van der Waals surface area contributed by atoms with Gasteiger partial charge >= 0.3 is 0 Å². The van der Waals surface area contributed by atoms with Crippen LogP contribution in [0.2, 0.25) is 0 Å². The van der Waals surface area contributed by atoms with E-state index in [1.165, 1.54) is 32.1 Å². The molecule has 1 heterocycles. The molecule has 0 radical (unpaired) electrons. The Morgan fingerprint density at radius 1 is 1.05 bits per heavy atom. The molecule has 1 aliphatic carbocycles. The first-order chi connectivity index (χ1) is 9.38. The molecule has 5 heteroatoms. The van der Waals surface area contributed by atoms with Gasteiger partial charge in [0.15, 0.2) is 0 Å². The van der Waals surface area contributed by atoms with E-state index in [4.69, 9.17) is 0 Å². The highest BCUT2D eigenvalue weighted by Crippen LogP contribution is 2.23. The van der Waals surface area contributed by atoms with E-state index in [0.717, 1.165) is 37.2 Å². The zero-order valence-corrected chi connectivity index (χ0v) is 11.8. The van der Waals surface area contributed by atoms with Crippen LogP contribution in [0.3, 0.4) is 0 Å². The number of nitrogens with one attached hydrogen (secondary N) is 3. The Hall–Kier alpha value is -1.36. The molecule has 1 aromatic heterocycles. The Labute approximate surface area is 115 Å². The van der Waals surface area contributed by atoms with E-state index < -0.39 is 0 Å². The zero-order valence-electron chi connectivity index (χ0n) is 11.8. The molecule has 106 valence electrons. The summed E-state index contributed by atoms with van der Waals surface area (Å²) in [6.07, 6.45) is 8.49. The van der Waals surface area contributed by atoms with Crippen molar-refractivity contribution in [1.29, 1.82) is 0 Å². The van der Waals surface area contributed by atoms with Gasteiger partial charge in [0.1, 0.15) is 18.0 Å². The average molecular weight is 263 g/mol. The van der Waals surface area contributed by atoms with Gasteiger partial charge in [-0.2, -0.15) is 0 Å². The second-order valence-electron chi connectivity index (χ2n) is 5.20. The van der Waals surface area contributed by atoms with Crippen LogP contribution >= 0.6 is 0 Å². The predicted octanol–water partition coefficient (Wildman–Crippen LogP) is 2.10. The SMILES string of the molecule is CNCCNc1cc(NCC2CCCCC2)ncn1. The highest BCUT2D eigenvalue weighted by molar-refractivity contribution is 5.46. The van der Waals surface area contributed by atoms with Crippen molar-refractivity contribution in [2.24, 2.45) is 5.92 Å². The summed E-state index contributed by atoms with van der Waals surface area (Å²) in [6.45, 7) is 2.83. The smallest absolute Gasteiger partial charge is 0.131 e. The van der Waals surface area contributed by atoms with Gasteiger partial charge in [0.05, 0.1) is 0 Å². The fourth-order valence-electron chi connectivity index (χ4n) is 2.51. The Bertz CT molecular complexity index is 363. The van der Waals surface area contributed by atoms with E-state index in [0.29, 0.717) is 0 Å². The average Bonchev–Trinajstić information content (AvgIpc) is 2.47. The van der Waals surface area contributed by atoms with Crippen LogP contribution in [0.5, 0.6) is 0 Å². The molecule has 0 bridgehead atoms. The van der Waals surface area contributed by atoms with Gasteiger partial charge in [-0.1, -0.05) is 19.3 Å². The Morgan fingerprint density at radius 2 is 1.79 bits per heavy atom. The van der Waals surface area contributed by atoms with Crippen LogP contribution < -0.4 is 16.0 Å². The quantitative estimate of drug-likeness (QED) is 0.658. The molecular formula is C14H25N5. The second-order valence-corrected chi connectivity index (χ2v) is 5.20. The predicted molar refractivity (Wildman–Crippen MR) is 79.5 cm³/mol. The minimum atomic E-state index is 0.810. The standard InChI is InChI=1S/C14H25N5/c1-15-7-8-16-13-9-14(19-11-18-13)17-10-12-5-3-2-4-6-12/h9,11-12,15H,2-8,10H2,1H3,(H2,16,17,18,19). The maximum absolute atomic E-state index is 4.27. The molecule has 19 heavy (non-hydrogen) atoms. The van der Waals surface area contributed by atoms with E-state index in [1.807, 2.05) is 13.1 Å². The molecule has 1 saturated carbocycles. The maximum atomic E-state index is 4.27. The zero-order chi connectivity index (χ0) is 13.3. The topological polar surface area (TPSA) is 61.9 Å². The van der Waals surface area contributed by atoms with Crippen LogP contribution in [0, 0.1) is 5.92 Å². The number of aromatic nitrogens is 2. The van der Waals surface area contributed by atoms with Gasteiger partial charge in [-0.3, -0.25) is 0 Å². The van der Waals surface area contributed by atoms with Crippen LogP contribution in [0.1, 0.15) is 32.1 Å². The second kappa shape index (κ2) is 7.94. The van der Waals surface area contributed by atoms with Gasteiger partial charge in [0, 0.05) is 25.7 Å². The highest BCUT2D eigenvalue weighted by atomic mass is 15.1. The molecule has 0 aliphatic heterocycles. The molecule has 3 N–H and O–H groups in total. The van der Waals surface area contributed by atoms with Crippen molar-refractivity contribution in [2.75, 3.05) is 37.3 Å². The molecule has 0 saturated heterocycles. The minimum Gasteiger partial charge on any atom is -0.370 e. The van der Waals surface area contributed by atoms with Gasteiger partial charge in [0.2, 0.25) is 0 Å². The number of hydrogen-bond donors (Lipinski definition) is 3. The third kappa shape index (κ3) is 5.03. The molecule has 1 aliphatic rings. The molecule has 0 amide bonds. The van der Waals surface area contributed by atoms with Crippen LogP contribution in [-0.4, -0.2) is 36.6 Å². The van der Waals surface area contributed by atoms with Crippen molar-refractivity contribution in [2.45, 2.75) is 32.1 Å². The van der Waals surface area contributed by atoms with Gasteiger partial charge < -0.3 is 16.0 Å². The number of nitrogens with zero attached hydrogens (tertiary/aromatic N) is 2. The lowest BCUT2D eigenvalue weighted by molar-refractivity contribution is 0.373. The van der Waals surface area contributed by atoms with Crippen molar-refractivity contribution in [3.05, 3.63) is 12.4 Å². The number of anilines is 2. The lowest BCUT2D eigenvalue weighted by Crippen LogP contribution is -2.19. The summed E-state index contributed by atoms with van der Waals surface area (Å²) in [6, 6.07) is 1.98. The third-order valence-corrected chi connectivity index (χ3v) is 3.64. The van der Waals surface area contributed by atoms with Crippen LogP contribution in [0.15, 0.2) is 12.4 Å². The molecular weight excluding hydrogens is 238 g/mol. The molecule has 0 spiro atoms. The molecule has 0 atom stereocenters. The van der Waals surface area contributed by atoms with Crippen LogP contribution in [0.25, 0.3) is 0 Å². The molecule has 1 fully saturated rings. The first-order valence-corrected chi connectivity index (χ1v) is 7.33. The third-order valence-electron chi connectivity index (χ3n) is 3.64. The lowest BCUT2D eigenvalue weighted by Gasteiger charge is -2.22. The van der Waals surface area contributed by atoms with E-state index in [2.05, 4.69) is 25.9 Å². The lowest BCUT2D eigenvalue weighted by atomic mass is 9.89. The summed E-state index contributed by atoms with van der Waals surface area (Å²) in [5.74, 6) is 2.62. The van der Waals surface area contributed by atoms with Crippen molar-refractivity contribution in [1.82, 2.24) is 15.3 Å². The number of likely N-dealkylation sites (N-methyl/N-ethyl adjacent to an activating group) is 1. The van der Waals surface area contributed by atoms with Gasteiger partial charge in [-0.25, -0.2) is 9.97 Å². The van der Waals surface area contributed by atoms with Crippen molar-refractivity contribution in [3.8, 4) is 0 Å². The summed E-state index contributed by atoms with van der Waals surface area (Å²) in [5.41, 5.74) is 0. The fourth-order valence-corrected chi connectivity index (χ4v) is 2.51. The maximum Gasteiger partial charge on any atom is 0.131 e.